The van der Waals surface area contributed by atoms with Crippen LogP contribution in [0.2, 0.25) is 0 Å². The van der Waals surface area contributed by atoms with Gasteiger partial charge >= 0.3 is 0 Å². The SMILES string of the molecule is CCN(CC)c1ccc(CNC(=O)[C@@H]2CCCN(S(C)(=O)=O)C2)cc1. The van der Waals surface area contributed by atoms with Crippen LogP contribution in [0.4, 0.5) is 5.69 Å². The highest BCUT2D eigenvalue weighted by atomic mass is 32.2. The molecule has 1 fully saturated rings. The minimum Gasteiger partial charge on any atom is -0.372 e. The summed E-state index contributed by atoms with van der Waals surface area (Å²) in [5, 5.41) is 2.94. The average molecular weight is 368 g/mol. The van der Waals surface area contributed by atoms with Crippen LogP contribution in [-0.2, 0) is 21.4 Å². The number of anilines is 1. The Balaban J connectivity index is 1.89. The Hall–Kier alpha value is -1.60. The number of benzene rings is 1. The molecule has 0 aromatic heterocycles. The minimum absolute atomic E-state index is 0.0684. The van der Waals surface area contributed by atoms with Gasteiger partial charge in [-0.05, 0) is 44.4 Å². The van der Waals surface area contributed by atoms with Crippen LogP contribution in [0.1, 0.15) is 32.3 Å². The lowest BCUT2D eigenvalue weighted by atomic mass is 9.98. The number of hydrogen-bond acceptors (Lipinski definition) is 4. The number of carbonyl (C=O) groups is 1. The molecule has 1 N–H and O–H groups in total. The molecule has 0 saturated carbocycles. The normalized spacial score (nSPS) is 18.8. The van der Waals surface area contributed by atoms with Crippen LogP contribution in [0.3, 0.4) is 0 Å². The van der Waals surface area contributed by atoms with Crippen LogP contribution in [0.25, 0.3) is 0 Å². The Labute approximate surface area is 151 Å². The lowest BCUT2D eigenvalue weighted by Gasteiger charge is -2.30. The maximum atomic E-state index is 12.4. The van der Waals surface area contributed by atoms with E-state index in [2.05, 4.69) is 36.2 Å². The number of carbonyl (C=O) groups excluding carboxylic acids is 1. The quantitative estimate of drug-likeness (QED) is 0.798. The fourth-order valence-electron chi connectivity index (χ4n) is 3.20. The molecule has 25 heavy (non-hydrogen) atoms. The molecule has 1 amide bonds. The number of sulfonamides is 1. The van der Waals surface area contributed by atoms with Crippen LogP contribution in [0, 0.1) is 5.92 Å². The summed E-state index contributed by atoms with van der Waals surface area (Å²) >= 11 is 0. The third kappa shape index (κ3) is 5.44. The van der Waals surface area contributed by atoms with Crippen molar-refractivity contribution in [3.05, 3.63) is 29.8 Å². The third-order valence-electron chi connectivity index (χ3n) is 4.76. The summed E-state index contributed by atoms with van der Waals surface area (Å²) in [5.74, 6) is -0.334. The van der Waals surface area contributed by atoms with Crippen molar-refractivity contribution in [2.24, 2.45) is 5.92 Å². The van der Waals surface area contributed by atoms with E-state index in [1.165, 1.54) is 16.2 Å². The first-order chi connectivity index (χ1) is 11.8. The Morgan fingerprint density at radius 1 is 1.24 bits per heavy atom. The summed E-state index contributed by atoms with van der Waals surface area (Å²) in [6.07, 6.45) is 2.66. The van der Waals surface area contributed by atoms with Gasteiger partial charge in [0.05, 0.1) is 12.2 Å². The summed E-state index contributed by atoms with van der Waals surface area (Å²) in [7, 11) is -3.23. The van der Waals surface area contributed by atoms with Gasteiger partial charge in [0.25, 0.3) is 0 Å². The van der Waals surface area contributed by atoms with Crippen LogP contribution < -0.4 is 10.2 Å². The monoisotopic (exact) mass is 367 g/mol. The van der Waals surface area contributed by atoms with E-state index in [-0.39, 0.29) is 18.4 Å². The fourth-order valence-corrected chi connectivity index (χ4v) is 4.12. The number of nitrogens with one attached hydrogen (secondary N) is 1. The predicted molar refractivity (Wildman–Crippen MR) is 101 cm³/mol. The summed E-state index contributed by atoms with van der Waals surface area (Å²) in [5.41, 5.74) is 2.22. The van der Waals surface area contributed by atoms with Crippen molar-refractivity contribution in [1.29, 1.82) is 0 Å². The molecule has 140 valence electrons. The highest BCUT2D eigenvalue weighted by Gasteiger charge is 2.29. The molecule has 0 bridgehead atoms. The van der Waals surface area contributed by atoms with Crippen LogP contribution >= 0.6 is 0 Å². The third-order valence-corrected chi connectivity index (χ3v) is 6.03. The molecule has 7 heteroatoms. The van der Waals surface area contributed by atoms with Gasteiger partial charge in [0.2, 0.25) is 15.9 Å². The summed E-state index contributed by atoms with van der Waals surface area (Å²) in [6, 6.07) is 8.19. The average Bonchev–Trinajstić information content (AvgIpc) is 2.61. The second-order valence-corrected chi connectivity index (χ2v) is 8.50. The van der Waals surface area contributed by atoms with Crippen molar-refractivity contribution < 1.29 is 13.2 Å². The van der Waals surface area contributed by atoms with Crippen molar-refractivity contribution in [2.45, 2.75) is 33.2 Å². The topological polar surface area (TPSA) is 69.7 Å². The molecule has 0 radical (unpaired) electrons. The molecule has 0 unspecified atom stereocenters. The first-order valence-electron chi connectivity index (χ1n) is 8.91. The molecule has 6 nitrogen and oxygen atoms in total. The van der Waals surface area contributed by atoms with E-state index in [0.29, 0.717) is 13.1 Å². The van der Waals surface area contributed by atoms with E-state index in [0.717, 1.165) is 31.5 Å². The number of hydrogen-bond donors (Lipinski definition) is 1. The Morgan fingerprint density at radius 2 is 1.88 bits per heavy atom. The smallest absolute Gasteiger partial charge is 0.224 e. The van der Waals surface area contributed by atoms with Crippen LogP contribution in [0.15, 0.2) is 24.3 Å². The zero-order valence-electron chi connectivity index (χ0n) is 15.4. The molecule has 1 aliphatic rings. The summed E-state index contributed by atoms with van der Waals surface area (Å²) < 4.78 is 24.7. The van der Waals surface area contributed by atoms with Crippen molar-refractivity contribution in [3.8, 4) is 0 Å². The minimum atomic E-state index is -3.23. The second-order valence-electron chi connectivity index (χ2n) is 6.52. The first-order valence-corrected chi connectivity index (χ1v) is 10.8. The Kier molecular flexibility index (Phi) is 6.84. The van der Waals surface area contributed by atoms with E-state index < -0.39 is 10.0 Å². The van der Waals surface area contributed by atoms with E-state index in [1.807, 2.05) is 12.1 Å². The fraction of sp³-hybridized carbons (Fsp3) is 0.611. The lowest BCUT2D eigenvalue weighted by molar-refractivity contribution is -0.126. The second kappa shape index (κ2) is 8.67. The van der Waals surface area contributed by atoms with Gasteiger partial charge in [-0.1, -0.05) is 12.1 Å². The van der Waals surface area contributed by atoms with Gasteiger partial charge < -0.3 is 10.2 Å². The maximum Gasteiger partial charge on any atom is 0.224 e. The number of piperidine rings is 1. The van der Waals surface area contributed by atoms with Gasteiger partial charge in [-0.25, -0.2) is 12.7 Å². The zero-order chi connectivity index (χ0) is 18.4. The Bertz CT molecular complexity index is 669. The van der Waals surface area contributed by atoms with Crippen molar-refractivity contribution in [1.82, 2.24) is 9.62 Å². The number of nitrogens with zero attached hydrogens (tertiary/aromatic N) is 2. The van der Waals surface area contributed by atoms with Gasteiger partial charge in [-0.2, -0.15) is 0 Å². The first kappa shape index (κ1) is 19.7. The van der Waals surface area contributed by atoms with Crippen LogP contribution in [-0.4, -0.2) is 51.1 Å². The maximum absolute atomic E-state index is 12.4. The molecule has 1 aliphatic heterocycles. The van der Waals surface area contributed by atoms with Gasteiger partial charge in [0, 0.05) is 38.4 Å². The molecule has 1 atom stereocenters. The van der Waals surface area contributed by atoms with Crippen molar-refractivity contribution in [3.63, 3.8) is 0 Å². The lowest BCUT2D eigenvalue weighted by Crippen LogP contribution is -2.44. The van der Waals surface area contributed by atoms with E-state index in [1.54, 1.807) is 0 Å². The Morgan fingerprint density at radius 3 is 2.44 bits per heavy atom. The van der Waals surface area contributed by atoms with E-state index in [9.17, 15) is 13.2 Å². The van der Waals surface area contributed by atoms with E-state index in [4.69, 9.17) is 0 Å². The molecule has 2 rings (SSSR count). The van der Waals surface area contributed by atoms with Gasteiger partial charge in [0.1, 0.15) is 0 Å². The highest BCUT2D eigenvalue weighted by Crippen LogP contribution is 2.19. The molecule has 0 aliphatic carbocycles. The van der Waals surface area contributed by atoms with Crippen molar-refractivity contribution in [2.75, 3.05) is 37.3 Å². The molecular weight excluding hydrogens is 338 g/mol. The molecule has 1 saturated heterocycles. The molecule has 1 aromatic rings. The van der Waals surface area contributed by atoms with Gasteiger partial charge in [0.15, 0.2) is 0 Å². The van der Waals surface area contributed by atoms with Gasteiger partial charge in [-0.3, -0.25) is 4.79 Å². The molecule has 1 aromatic carbocycles. The molecular formula is C18H29N3O3S. The number of amides is 1. The molecule has 0 spiro atoms. The summed E-state index contributed by atoms with van der Waals surface area (Å²) in [6.45, 7) is 7.44. The van der Waals surface area contributed by atoms with Gasteiger partial charge in [-0.15, -0.1) is 0 Å². The van der Waals surface area contributed by atoms with Crippen LogP contribution in [0.5, 0.6) is 0 Å². The van der Waals surface area contributed by atoms with E-state index >= 15 is 0 Å². The largest absolute Gasteiger partial charge is 0.372 e. The highest BCUT2D eigenvalue weighted by molar-refractivity contribution is 7.88. The summed E-state index contributed by atoms with van der Waals surface area (Å²) in [4.78, 5) is 14.6. The molecule has 1 heterocycles. The zero-order valence-corrected chi connectivity index (χ0v) is 16.2. The predicted octanol–water partition coefficient (Wildman–Crippen LogP) is 1.82. The number of rotatable bonds is 7. The standard InChI is InChI=1S/C18H29N3O3S/c1-4-20(5-2)17-10-8-15(9-11-17)13-19-18(22)16-7-6-12-21(14-16)25(3,23)24/h8-11,16H,4-7,12-14H2,1-3H3,(H,19,22)/t16-/m1/s1. The van der Waals surface area contributed by atoms with Crippen molar-refractivity contribution >= 4 is 21.6 Å².